The molecule has 0 radical (unpaired) electrons. The van der Waals surface area contributed by atoms with E-state index in [1.165, 1.54) is 0 Å². The van der Waals surface area contributed by atoms with Gasteiger partial charge in [-0.25, -0.2) is 0 Å². The summed E-state index contributed by atoms with van der Waals surface area (Å²) >= 11 is 0. The highest BCUT2D eigenvalue weighted by Gasteiger charge is 2.20. The van der Waals surface area contributed by atoms with Crippen molar-refractivity contribution in [1.29, 1.82) is 0 Å². The number of hydrogen-bond acceptors (Lipinski definition) is 3. The SMILES string of the molecule is CC1CCN(CC(=O)Nc2ccccc2C(=O)N[C@H](C)c2ccccc2)CC1. The van der Waals surface area contributed by atoms with Crippen LogP contribution in [0.1, 0.15) is 48.7 Å². The molecule has 1 aliphatic heterocycles. The molecule has 2 N–H and O–H groups in total. The molecule has 0 unspecified atom stereocenters. The van der Waals surface area contributed by atoms with Crippen LogP contribution >= 0.6 is 0 Å². The summed E-state index contributed by atoms with van der Waals surface area (Å²) < 4.78 is 0. The average Bonchev–Trinajstić information content (AvgIpc) is 2.70. The van der Waals surface area contributed by atoms with Crippen LogP contribution in [0, 0.1) is 5.92 Å². The molecule has 2 amide bonds. The van der Waals surface area contributed by atoms with E-state index < -0.39 is 0 Å². The second-order valence-electron chi connectivity index (χ2n) is 7.66. The fraction of sp³-hybridized carbons (Fsp3) is 0.391. The minimum atomic E-state index is -0.195. The van der Waals surface area contributed by atoms with E-state index >= 15 is 0 Å². The topological polar surface area (TPSA) is 61.4 Å². The molecule has 1 fully saturated rings. The number of hydrogen-bond donors (Lipinski definition) is 2. The monoisotopic (exact) mass is 379 g/mol. The predicted molar refractivity (Wildman–Crippen MR) is 112 cm³/mol. The highest BCUT2D eigenvalue weighted by Crippen LogP contribution is 2.19. The molecule has 1 heterocycles. The van der Waals surface area contributed by atoms with E-state index in [-0.39, 0.29) is 17.9 Å². The zero-order valence-corrected chi connectivity index (χ0v) is 16.7. The fourth-order valence-electron chi connectivity index (χ4n) is 3.50. The number of amides is 2. The molecule has 2 aromatic carbocycles. The van der Waals surface area contributed by atoms with Gasteiger partial charge in [-0.1, -0.05) is 49.4 Å². The van der Waals surface area contributed by atoms with Gasteiger partial charge in [0.25, 0.3) is 5.91 Å². The van der Waals surface area contributed by atoms with Gasteiger partial charge < -0.3 is 10.6 Å². The van der Waals surface area contributed by atoms with Crippen LogP contribution in [0.3, 0.4) is 0 Å². The summed E-state index contributed by atoms with van der Waals surface area (Å²) in [5, 5.41) is 5.93. The third-order valence-electron chi connectivity index (χ3n) is 5.34. The Kier molecular flexibility index (Phi) is 6.82. The van der Waals surface area contributed by atoms with Crippen LogP contribution in [0.2, 0.25) is 0 Å². The van der Waals surface area contributed by atoms with Gasteiger partial charge in [0.2, 0.25) is 5.91 Å². The Morgan fingerprint density at radius 1 is 1.04 bits per heavy atom. The molecular weight excluding hydrogens is 350 g/mol. The van der Waals surface area contributed by atoms with Crippen molar-refractivity contribution >= 4 is 17.5 Å². The average molecular weight is 380 g/mol. The molecule has 1 atom stereocenters. The first kappa shape index (κ1) is 20.1. The minimum absolute atomic E-state index is 0.0779. The minimum Gasteiger partial charge on any atom is -0.345 e. The van der Waals surface area contributed by atoms with Crippen LogP contribution in [0.4, 0.5) is 5.69 Å². The van der Waals surface area contributed by atoms with Crippen molar-refractivity contribution in [3.8, 4) is 0 Å². The van der Waals surface area contributed by atoms with Gasteiger partial charge in [-0.05, 0) is 56.5 Å². The zero-order chi connectivity index (χ0) is 19.9. The van der Waals surface area contributed by atoms with E-state index in [0.29, 0.717) is 17.8 Å². The van der Waals surface area contributed by atoms with Crippen molar-refractivity contribution in [2.45, 2.75) is 32.7 Å². The Hall–Kier alpha value is -2.66. The first-order valence-corrected chi connectivity index (χ1v) is 10.00. The molecule has 0 aliphatic carbocycles. The molecule has 148 valence electrons. The van der Waals surface area contributed by atoms with Gasteiger partial charge in [-0.3, -0.25) is 14.5 Å². The summed E-state index contributed by atoms with van der Waals surface area (Å²) in [5.41, 5.74) is 2.07. The van der Waals surface area contributed by atoms with Crippen molar-refractivity contribution in [3.05, 3.63) is 65.7 Å². The van der Waals surface area contributed by atoms with Gasteiger partial charge in [0.1, 0.15) is 0 Å². The maximum atomic E-state index is 12.8. The number of carbonyl (C=O) groups excluding carboxylic acids is 2. The normalized spacial score (nSPS) is 16.4. The van der Waals surface area contributed by atoms with Crippen LogP contribution in [0.5, 0.6) is 0 Å². The molecule has 1 saturated heterocycles. The quantitative estimate of drug-likeness (QED) is 0.801. The standard InChI is InChI=1S/C23H29N3O2/c1-17-12-14-26(15-13-17)16-22(27)25-21-11-7-6-10-20(21)23(28)24-18(2)19-8-4-3-5-9-19/h3-11,17-18H,12-16H2,1-2H3,(H,24,28)(H,25,27)/t18-/m1/s1. The molecule has 2 aromatic rings. The second-order valence-corrected chi connectivity index (χ2v) is 7.66. The van der Waals surface area contributed by atoms with E-state index in [9.17, 15) is 9.59 Å². The van der Waals surface area contributed by atoms with E-state index in [1.54, 1.807) is 12.1 Å². The largest absolute Gasteiger partial charge is 0.345 e. The van der Waals surface area contributed by atoms with Crippen LogP contribution < -0.4 is 10.6 Å². The summed E-state index contributed by atoms with van der Waals surface area (Å²) in [4.78, 5) is 27.5. The number of nitrogens with one attached hydrogen (secondary N) is 2. The summed E-state index contributed by atoms with van der Waals surface area (Å²) in [7, 11) is 0. The molecule has 28 heavy (non-hydrogen) atoms. The lowest BCUT2D eigenvalue weighted by Gasteiger charge is -2.29. The Labute approximate surface area is 167 Å². The molecule has 1 aliphatic rings. The number of para-hydroxylation sites is 1. The lowest BCUT2D eigenvalue weighted by atomic mass is 9.99. The summed E-state index contributed by atoms with van der Waals surface area (Å²) in [6.07, 6.45) is 2.26. The maximum Gasteiger partial charge on any atom is 0.253 e. The third-order valence-corrected chi connectivity index (χ3v) is 5.34. The van der Waals surface area contributed by atoms with Gasteiger partial charge in [-0.15, -0.1) is 0 Å². The summed E-state index contributed by atoms with van der Waals surface area (Å²) in [5.74, 6) is 0.459. The zero-order valence-electron chi connectivity index (χ0n) is 16.7. The molecule has 0 aromatic heterocycles. The number of benzene rings is 2. The van der Waals surface area contributed by atoms with Crippen LogP contribution in [-0.2, 0) is 4.79 Å². The Morgan fingerprint density at radius 2 is 1.68 bits per heavy atom. The molecule has 0 spiro atoms. The Bertz CT molecular complexity index is 799. The van der Waals surface area contributed by atoms with Crippen molar-refractivity contribution in [2.75, 3.05) is 25.0 Å². The van der Waals surface area contributed by atoms with Gasteiger partial charge >= 0.3 is 0 Å². The molecule has 0 bridgehead atoms. The van der Waals surface area contributed by atoms with Crippen molar-refractivity contribution < 1.29 is 9.59 Å². The van der Waals surface area contributed by atoms with E-state index in [0.717, 1.165) is 37.4 Å². The molecule has 5 nitrogen and oxygen atoms in total. The van der Waals surface area contributed by atoms with Crippen LogP contribution in [0.15, 0.2) is 54.6 Å². The molecule has 5 heteroatoms. The number of rotatable bonds is 6. The highest BCUT2D eigenvalue weighted by atomic mass is 16.2. The Morgan fingerprint density at radius 3 is 2.39 bits per heavy atom. The van der Waals surface area contributed by atoms with Gasteiger partial charge in [0.15, 0.2) is 0 Å². The van der Waals surface area contributed by atoms with Crippen molar-refractivity contribution in [2.24, 2.45) is 5.92 Å². The highest BCUT2D eigenvalue weighted by molar-refractivity contribution is 6.04. The van der Waals surface area contributed by atoms with E-state index in [1.807, 2.05) is 49.4 Å². The molecule has 0 saturated carbocycles. The Balaban J connectivity index is 1.62. The first-order chi connectivity index (χ1) is 13.5. The van der Waals surface area contributed by atoms with Crippen molar-refractivity contribution in [1.82, 2.24) is 10.2 Å². The van der Waals surface area contributed by atoms with Gasteiger partial charge in [-0.2, -0.15) is 0 Å². The van der Waals surface area contributed by atoms with E-state index in [4.69, 9.17) is 0 Å². The van der Waals surface area contributed by atoms with Gasteiger partial charge in [0, 0.05) is 0 Å². The van der Waals surface area contributed by atoms with Crippen molar-refractivity contribution in [3.63, 3.8) is 0 Å². The molecule has 3 rings (SSSR count). The maximum absolute atomic E-state index is 12.8. The smallest absolute Gasteiger partial charge is 0.253 e. The second kappa shape index (κ2) is 9.51. The lowest BCUT2D eigenvalue weighted by molar-refractivity contribution is -0.117. The number of carbonyl (C=O) groups is 2. The van der Waals surface area contributed by atoms with Gasteiger partial charge in [0.05, 0.1) is 23.8 Å². The number of nitrogens with zero attached hydrogens (tertiary/aromatic N) is 1. The summed E-state index contributed by atoms with van der Waals surface area (Å²) in [6.45, 7) is 6.47. The van der Waals surface area contributed by atoms with Crippen LogP contribution in [-0.4, -0.2) is 36.3 Å². The first-order valence-electron chi connectivity index (χ1n) is 10.00. The number of anilines is 1. The van der Waals surface area contributed by atoms with Crippen LogP contribution in [0.25, 0.3) is 0 Å². The molecular formula is C23H29N3O2. The van der Waals surface area contributed by atoms with E-state index in [2.05, 4.69) is 22.5 Å². The third kappa shape index (κ3) is 5.42. The fourth-order valence-corrected chi connectivity index (χ4v) is 3.50. The number of likely N-dealkylation sites (tertiary alicyclic amines) is 1. The predicted octanol–water partition coefficient (Wildman–Crippen LogP) is 3.85. The number of piperidine rings is 1. The lowest BCUT2D eigenvalue weighted by Crippen LogP contribution is -2.39. The summed E-state index contributed by atoms with van der Waals surface area (Å²) in [6, 6.07) is 16.9.